The van der Waals surface area contributed by atoms with Crippen LogP contribution in [0.3, 0.4) is 0 Å². The van der Waals surface area contributed by atoms with Crippen LogP contribution in [0.4, 0.5) is 19.0 Å². The number of ether oxygens (including phenoxy) is 1. The lowest BCUT2D eigenvalue weighted by atomic mass is 10.1. The van der Waals surface area contributed by atoms with Gasteiger partial charge >= 0.3 is 12.1 Å². The number of pyridine rings is 1. The van der Waals surface area contributed by atoms with Crippen LogP contribution in [0.5, 0.6) is 0 Å². The van der Waals surface area contributed by atoms with Crippen LogP contribution in [0.15, 0.2) is 22.4 Å². The van der Waals surface area contributed by atoms with Gasteiger partial charge in [0.15, 0.2) is 5.69 Å². The van der Waals surface area contributed by atoms with Crippen LogP contribution in [0.25, 0.3) is 0 Å². The van der Waals surface area contributed by atoms with E-state index >= 15 is 0 Å². The van der Waals surface area contributed by atoms with E-state index in [4.69, 9.17) is 11.6 Å². The second-order valence-corrected chi connectivity index (χ2v) is 9.18. The smallest absolute Gasteiger partial charge is 0.434 e. The van der Waals surface area contributed by atoms with Crippen molar-refractivity contribution in [2.75, 3.05) is 18.5 Å². The topological polar surface area (TPSA) is 138 Å². The first-order valence-electron chi connectivity index (χ1n) is 8.13. The van der Waals surface area contributed by atoms with Crippen molar-refractivity contribution in [1.29, 1.82) is 5.26 Å². The fourth-order valence-corrected chi connectivity index (χ4v) is 4.62. The molecule has 0 atom stereocenters. The average Bonchev–Trinajstić information content (AvgIpc) is 3.12. The van der Waals surface area contributed by atoms with Gasteiger partial charge < -0.3 is 10.1 Å². The van der Waals surface area contributed by atoms with Crippen molar-refractivity contribution < 1.29 is 35.9 Å². The summed E-state index contributed by atoms with van der Waals surface area (Å²) in [5.41, 5.74) is -3.09. The van der Waals surface area contributed by atoms with E-state index in [-0.39, 0.29) is 15.2 Å². The Morgan fingerprint density at radius 2 is 2.03 bits per heavy atom. The summed E-state index contributed by atoms with van der Waals surface area (Å²) in [5.74, 6) is -3.14. The highest BCUT2D eigenvalue weighted by Crippen LogP contribution is 2.33. The molecule has 2 heterocycles. The Hall–Kier alpha value is -2.89. The summed E-state index contributed by atoms with van der Waals surface area (Å²) in [6.45, 7) is 0.342. The number of hydrogen-bond acceptors (Lipinski definition) is 9. The maximum absolute atomic E-state index is 13.3. The Morgan fingerprint density at radius 1 is 1.35 bits per heavy atom. The number of thiophene rings is 1. The molecule has 166 valence electrons. The zero-order valence-electron chi connectivity index (χ0n) is 15.4. The number of rotatable bonds is 7. The van der Waals surface area contributed by atoms with E-state index in [0.29, 0.717) is 17.4 Å². The molecule has 0 bridgehead atoms. The molecule has 0 aliphatic carbocycles. The molecule has 0 radical (unpaired) electrons. The van der Waals surface area contributed by atoms with Crippen molar-refractivity contribution in [2.24, 2.45) is 0 Å². The number of hydrogen-bond donors (Lipinski definition) is 2. The van der Waals surface area contributed by atoms with Crippen LogP contribution in [0.1, 0.15) is 28.5 Å². The fourth-order valence-electron chi connectivity index (χ4n) is 2.16. The number of halogens is 4. The predicted molar refractivity (Wildman–Crippen MR) is 103 cm³/mol. The molecule has 2 rings (SSSR count). The van der Waals surface area contributed by atoms with E-state index in [1.165, 1.54) is 13.0 Å². The highest BCUT2D eigenvalue weighted by atomic mass is 35.5. The van der Waals surface area contributed by atoms with Crippen molar-refractivity contribution in [3.63, 3.8) is 0 Å². The lowest BCUT2D eigenvalue weighted by Gasteiger charge is -2.15. The van der Waals surface area contributed by atoms with Gasteiger partial charge in [0.25, 0.3) is 15.9 Å². The summed E-state index contributed by atoms with van der Waals surface area (Å²) in [7, 11) is -4.25. The minimum atomic E-state index is -5.07. The highest BCUT2D eigenvalue weighted by molar-refractivity contribution is 7.92. The Bertz CT molecular complexity index is 1160. The number of sulfonamides is 1. The molecule has 0 saturated carbocycles. The van der Waals surface area contributed by atoms with Crippen molar-refractivity contribution >= 4 is 50.7 Å². The van der Waals surface area contributed by atoms with Gasteiger partial charge in [-0.2, -0.15) is 18.4 Å². The second kappa shape index (κ2) is 9.50. The molecule has 31 heavy (non-hydrogen) atoms. The Morgan fingerprint density at radius 3 is 2.55 bits per heavy atom. The van der Waals surface area contributed by atoms with Crippen molar-refractivity contribution in [1.82, 2.24) is 9.71 Å². The van der Waals surface area contributed by atoms with Gasteiger partial charge in [-0.3, -0.25) is 4.79 Å². The molecular formula is C16H12ClF3N4O5S2. The number of nitrogens with zero attached hydrogens (tertiary/aromatic N) is 2. The third-order valence-electron chi connectivity index (χ3n) is 3.38. The quantitative estimate of drug-likeness (QED) is 0.558. The lowest BCUT2D eigenvalue weighted by Crippen LogP contribution is -2.35. The number of carbonyl (C=O) groups excluding carboxylic acids is 2. The zero-order chi connectivity index (χ0) is 23.4. The van der Waals surface area contributed by atoms with Crippen LogP contribution in [0.2, 0.25) is 4.34 Å². The monoisotopic (exact) mass is 496 g/mol. The molecule has 0 aliphatic rings. The molecule has 0 unspecified atom stereocenters. The maximum Gasteiger partial charge on any atom is 0.434 e. The molecule has 1 amide bonds. The van der Waals surface area contributed by atoms with Crippen LogP contribution >= 0.6 is 22.9 Å². The van der Waals surface area contributed by atoms with Gasteiger partial charge in [-0.25, -0.2) is 22.9 Å². The number of nitrogens with one attached hydrogen (secondary N) is 2. The largest absolute Gasteiger partial charge is 0.462 e. The maximum atomic E-state index is 13.3. The number of alkyl halides is 3. The van der Waals surface area contributed by atoms with Crippen LogP contribution in [0, 0.1) is 11.3 Å². The van der Waals surface area contributed by atoms with E-state index in [2.05, 4.69) is 15.0 Å². The summed E-state index contributed by atoms with van der Waals surface area (Å²) in [5, 5.41) is 11.3. The van der Waals surface area contributed by atoms with E-state index in [1.54, 1.807) is 10.8 Å². The number of aromatic nitrogens is 1. The first kappa shape index (κ1) is 24.4. The second-order valence-electron chi connectivity index (χ2n) is 5.55. The van der Waals surface area contributed by atoms with Gasteiger partial charge in [0.2, 0.25) is 0 Å². The molecular weight excluding hydrogens is 485 g/mol. The zero-order valence-corrected chi connectivity index (χ0v) is 17.8. The van der Waals surface area contributed by atoms with Gasteiger partial charge in [0.1, 0.15) is 16.1 Å². The Labute approximate surface area is 182 Å². The molecule has 2 aromatic heterocycles. The molecule has 9 nitrogen and oxygen atoms in total. The van der Waals surface area contributed by atoms with Gasteiger partial charge in [0.05, 0.1) is 28.6 Å². The van der Waals surface area contributed by atoms with Crippen molar-refractivity contribution in [2.45, 2.75) is 17.3 Å². The summed E-state index contributed by atoms with van der Waals surface area (Å²) >= 11 is 6.34. The van der Waals surface area contributed by atoms with E-state index in [0.717, 1.165) is 6.07 Å². The van der Waals surface area contributed by atoms with Crippen LogP contribution in [-0.2, 0) is 25.7 Å². The van der Waals surface area contributed by atoms with E-state index < -0.39 is 57.3 Å². The Kier molecular flexibility index (Phi) is 7.47. The lowest BCUT2D eigenvalue weighted by molar-refractivity contribution is -0.141. The minimum absolute atomic E-state index is 0.162. The number of carbonyl (C=O) groups is 2. The van der Waals surface area contributed by atoms with E-state index in [1.807, 2.05) is 0 Å². The van der Waals surface area contributed by atoms with Gasteiger partial charge in [-0.1, -0.05) is 11.6 Å². The number of nitriles is 1. The molecule has 15 heteroatoms. The standard InChI is InChI=1S/C16H12ClF3N4O5S2/c1-2-29-15(26)9-5-8(6-21)14(23-13(9)16(18,19)20)22-7-11(25)24-31(27,28)12-4-3-10(17)30-12/h3-5H,2,7H2,1H3,(H,22,23)(H,24,25). The van der Waals surface area contributed by atoms with Crippen molar-refractivity contribution in [3.8, 4) is 6.07 Å². The highest BCUT2D eigenvalue weighted by Gasteiger charge is 2.39. The molecule has 2 N–H and O–H groups in total. The van der Waals surface area contributed by atoms with Gasteiger partial charge in [-0.15, -0.1) is 11.3 Å². The predicted octanol–water partition coefficient (Wildman–Crippen LogP) is 2.78. The molecule has 0 saturated heterocycles. The molecule has 2 aromatic rings. The summed E-state index contributed by atoms with van der Waals surface area (Å²) in [6.07, 6.45) is -5.07. The van der Waals surface area contributed by atoms with Crippen LogP contribution < -0.4 is 10.0 Å². The third-order valence-corrected chi connectivity index (χ3v) is 6.48. The van der Waals surface area contributed by atoms with Crippen LogP contribution in [-0.4, -0.2) is 38.4 Å². The van der Waals surface area contributed by atoms with Crippen molar-refractivity contribution in [3.05, 3.63) is 39.4 Å². The van der Waals surface area contributed by atoms with E-state index in [9.17, 15) is 36.4 Å². The number of amides is 1. The average molecular weight is 497 g/mol. The normalized spacial score (nSPS) is 11.5. The van der Waals surface area contributed by atoms with Gasteiger partial charge in [-0.05, 0) is 25.1 Å². The first-order valence-corrected chi connectivity index (χ1v) is 10.8. The van der Waals surface area contributed by atoms with Gasteiger partial charge in [0, 0.05) is 0 Å². The molecule has 0 aliphatic heterocycles. The summed E-state index contributed by atoms with van der Waals surface area (Å²) < 4.78 is 70.3. The first-order chi connectivity index (χ1) is 14.4. The molecule has 0 aromatic carbocycles. The number of anilines is 1. The SMILES string of the molecule is CCOC(=O)c1cc(C#N)c(NCC(=O)NS(=O)(=O)c2ccc(Cl)s2)nc1C(F)(F)F. The fraction of sp³-hybridized carbons (Fsp3) is 0.250. The molecule has 0 spiro atoms. The number of esters is 1. The third kappa shape index (κ3) is 6.06. The summed E-state index contributed by atoms with van der Waals surface area (Å²) in [6, 6.07) is 4.64. The minimum Gasteiger partial charge on any atom is -0.462 e. The Balaban J connectivity index is 2.27. The summed E-state index contributed by atoms with van der Waals surface area (Å²) in [4.78, 5) is 27.0. The molecule has 0 fully saturated rings.